The van der Waals surface area contributed by atoms with E-state index in [9.17, 15) is 4.39 Å². The number of aromatic nitrogens is 2. The Bertz CT molecular complexity index is 629. The van der Waals surface area contributed by atoms with E-state index in [4.69, 9.17) is 0 Å². The van der Waals surface area contributed by atoms with Gasteiger partial charge in [0.15, 0.2) is 11.5 Å². The van der Waals surface area contributed by atoms with Gasteiger partial charge in [-0.1, -0.05) is 30.3 Å². The quantitative estimate of drug-likeness (QED) is 0.605. The van der Waals surface area contributed by atoms with Crippen molar-refractivity contribution in [1.82, 2.24) is 9.38 Å². The minimum absolute atomic E-state index is 0.301. The van der Waals surface area contributed by atoms with Crippen molar-refractivity contribution in [3.63, 3.8) is 0 Å². The number of hydrogen-bond acceptors (Lipinski definition) is 1. The van der Waals surface area contributed by atoms with Crippen molar-refractivity contribution < 1.29 is 4.39 Å². The first-order valence-corrected chi connectivity index (χ1v) is 5.03. The maximum atomic E-state index is 13.4. The van der Waals surface area contributed by atoms with Gasteiger partial charge in [-0.25, -0.2) is 9.37 Å². The van der Waals surface area contributed by atoms with Gasteiger partial charge in [-0.3, -0.25) is 4.40 Å². The first-order valence-electron chi connectivity index (χ1n) is 5.03. The van der Waals surface area contributed by atoms with Gasteiger partial charge in [-0.15, -0.1) is 0 Å². The van der Waals surface area contributed by atoms with Crippen molar-refractivity contribution in [2.75, 3.05) is 0 Å². The Labute approximate surface area is 92.0 Å². The Kier molecular flexibility index (Phi) is 1.96. The van der Waals surface area contributed by atoms with Crippen LogP contribution in [0.2, 0.25) is 0 Å². The van der Waals surface area contributed by atoms with E-state index >= 15 is 0 Å². The summed E-state index contributed by atoms with van der Waals surface area (Å²) in [7, 11) is 0. The first kappa shape index (κ1) is 9.09. The van der Waals surface area contributed by atoms with Gasteiger partial charge < -0.3 is 0 Å². The largest absolute Gasteiger partial charge is 0.297 e. The molecule has 0 fully saturated rings. The molecule has 3 heteroatoms. The molecule has 0 saturated carbocycles. The lowest BCUT2D eigenvalue weighted by Crippen LogP contribution is -1.89. The van der Waals surface area contributed by atoms with Crippen molar-refractivity contribution in [1.29, 1.82) is 0 Å². The first-order chi connectivity index (χ1) is 7.86. The lowest BCUT2D eigenvalue weighted by molar-refractivity contribution is 0.630. The van der Waals surface area contributed by atoms with Crippen molar-refractivity contribution in [3.8, 4) is 11.3 Å². The van der Waals surface area contributed by atoms with Gasteiger partial charge in [0.1, 0.15) is 0 Å². The van der Waals surface area contributed by atoms with E-state index < -0.39 is 0 Å². The molecule has 2 nitrogen and oxygen atoms in total. The number of imidazole rings is 1. The molecule has 0 aliphatic rings. The number of hydrogen-bond donors (Lipinski definition) is 0. The summed E-state index contributed by atoms with van der Waals surface area (Å²) in [6.45, 7) is 0. The number of nitrogens with zero attached hydrogens (tertiary/aromatic N) is 2. The van der Waals surface area contributed by atoms with Gasteiger partial charge in [0.05, 0.1) is 11.9 Å². The highest BCUT2D eigenvalue weighted by Crippen LogP contribution is 2.21. The third-order valence-corrected chi connectivity index (χ3v) is 2.56. The monoisotopic (exact) mass is 212 g/mol. The average molecular weight is 212 g/mol. The molecule has 16 heavy (non-hydrogen) atoms. The predicted molar refractivity (Wildman–Crippen MR) is 60.6 cm³/mol. The Morgan fingerprint density at radius 1 is 1.00 bits per heavy atom. The highest BCUT2D eigenvalue weighted by atomic mass is 19.1. The van der Waals surface area contributed by atoms with Crippen LogP contribution in [0, 0.1) is 5.82 Å². The van der Waals surface area contributed by atoms with Crippen LogP contribution in [0.3, 0.4) is 0 Å². The second-order valence-corrected chi connectivity index (χ2v) is 3.56. The average Bonchev–Trinajstić information content (AvgIpc) is 2.75. The van der Waals surface area contributed by atoms with Crippen LogP contribution in [0.1, 0.15) is 0 Å². The number of fused-ring (bicyclic) bond motifs is 1. The van der Waals surface area contributed by atoms with Gasteiger partial charge in [-0.05, 0) is 12.1 Å². The van der Waals surface area contributed by atoms with Gasteiger partial charge >= 0.3 is 0 Å². The van der Waals surface area contributed by atoms with Gasteiger partial charge in [-0.2, -0.15) is 0 Å². The maximum Gasteiger partial charge on any atom is 0.173 e. The van der Waals surface area contributed by atoms with Gasteiger partial charge in [0.2, 0.25) is 0 Å². The van der Waals surface area contributed by atoms with Crippen LogP contribution in [-0.2, 0) is 0 Å². The smallest absolute Gasteiger partial charge is 0.173 e. The van der Waals surface area contributed by atoms with Gasteiger partial charge in [0.25, 0.3) is 0 Å². The minimum Gasteiger partial charge on any atom is -0.297 e. The third-order valence-electron chi connectivity index (χ3n) is 2.56. The van der Waals surface area contributed by atoms with E-state index in [2.05, 4.69) is 4.98 Å². The van der Waals surface area contributed by atoms with Crippen LogP contribution in [-0.4, -0.2) is 9.38 Å². The number of rotatable bonds is 1. The van der Waals surface area contributed by atoms with Crippen molar-refractivity contribution in [2.24, 2.45) is 0 Å². The van der Waals surface area contributed by atoms with Crippen LogP contribution in [0.15, 0.2) is 54.9 Å². The Hall–Kier alpha value is -2.16. The highest BCUT2D eigenvalue weighted by Gasteiger charge is 2.07. The molecular weight excluding hydrogens is 203 g/mol. The topological polar surface area (TPSA) is 17.3 Å². The van der Waals surface area contributed by atoms with Crippen LogP contribution >= 0.6 is 0 Å². The fraction of sp³-hybridized carbons (Fsp3) is 0. The normalized spacial score (nSPS) is 10.8. The molecule has 0 saturated heterocycles. The summed E-state index contributed by atoms with van der Waals surface area (Å²) in [6.07, 6.45) is 3.50. The van der Waals surface area contributed by atoms with E-state index in [-0.39, 0.29) is 5.82 Å². The van der Waals surface area contributed by atoms with Crippen LogP contribution in [0.5, 0.6) is 0 Å². The summed E-state index contributed by atoms with van der Waals surface area (Å²) in [6, 6.07) is 12.9. The lowest BCUT2D eigenvalue weighted by atomic mass is 10.2. The summed E-state index contributed by atoms with van der Waals surface area (Å²) < 4.78 is 15.2. The van der Waals surface area contributed by atoms with Crippen LogP contribution in [0.25, 0.3) is 16.9 Å². The molecule has 3 aromatic rings. The molecule has 0 bridgehead atoms. The molecule has 0 aliphatic heterocycles. The summed E-state index contributed by atoms with van der Waals surface area (Å²) >= 11 is 0. The van der Waals surface area contributed by atoms with E-state index in [0.29, 0.717) is 5.65 Å². The van der Waals surface area contributed by atoms with Crippen molar-refractivity contribution >= 4 is 5.65 Å². The zero-order valence-electron chi connectivity index (χ0n) is 8.47. The van der Waals surface area contributed by atoms with Crippen molar-refractivity contribution in [3.05, 3.63) is 60.7 Å². The Morgan fingerprint density at radius 2 is 1.81 bits per heavy atom. The molecule has 0 N–H and O–H groups in total. The minimum atomic E-state index is -0.301. The summed E-state index contributed by atoms with van der Waals surface area (Å²) in [4.78, 5) is 4.08. The van der Waals surface area contributed by atoms with E-state index in [1.54, 1.807) is 16.7 Å². The molecule has 2 heterocycles. The number of pyridine rings is 1. The second kappa shape index (κ2) is 3.45. The molecule has 0 aliphatic carbocycles. The molecule has 1 aromatic carbocycles. The molecule has 0 spiro atoms. The van der Waals surface area contributed by atoms with E-state index in [1.807, 2.05) is 36.5 Å². The van der Waals surface area contributed by atoms with E-state index in [1.165, 1.54) is 6.07 Å². The number of halogens is 1. The highest BCUT2D eigenvalue weighted by molar-refractivity contribution is 5.63. The molecule has 2 aromatic heterocycles. The number of benzene rings is 1. The van der Waals surface area contributed by atoms with Gasteiger partial charge in [0, 0.05) is 11.8 Å². The van der Waals surface area contributed by atoms with Crippen LogP contribution in [0.4, 0.5) is 4.39 Å². The fourth-order valence-corrected chi connectivity index (χ4v) is 1.80. The Morgan fingerprint density at radius 3 is 2.62 bits per heavy atom. The summed E-state index contributed by atoms with van der Waals surface area (Å²) in [5.74, 6) is -0.301. The third kappa shape index (κ3) is 1.29. The maximum absolute atomic E-state index is 13.4. The second-order valence-electron chi connectivity index (χ2n) is 3.56. The lowest BCUT2D eigenvalue weighted by Gasteiger charge is -2.01. The van der Waals surface area contributed by atoms with Crippen molar-refractivity contribution in [2.45, 2.75) is 0 Å². The Balaban J connectivity index is 2.30. The standard InChI is InChI=1S/C13H9FN2/c14-11-7-4-8-16-12(9-15-13(11)16)10-5-2-1-3-6-10/h1-9H. The fourth-order valence-electron chi connectivity index (χ4n) is 1.80. The molecule has 0 radical (unpaired) electrons. The zero-order chi connectivity index (χ0) is 11.0. The SMILES string of the molecule is Fc1cccn2c(-c3ccccc3)cnc12. The molecule has 3 rings (SSSR count). The molecule has 78 valence electrons. The molecule has 0 atom stereocenters. The zero-order valence-corrected chi connectivity index (χ0v) is 8.47. The molecular formula is C13H9FN2. The summed E-state index contributed by atoms with van der Waals surface area (Å²) in [5, 5.41) is 0. The van der Waals surface area contributed by atoms with E-state index in [0.717, 1.165) is 11.3 Å². The van der Waals surface area contributed by atoms with Crippen LogP contribution < -0.4 is 0 Å². The summed E-state index contributed by atoms with van der Waals surface area (Å²) in [5.41, 5.74) is 2.29. The molecule has 0 amide bonds. The molecule has 0 unspecified atom stereocenters. The predicted octanol–water partition coefficient (Wildman–Crippen LogP) is 3.14.